The van der Waals surface area contributed by atoms with Crippen molar-refractivity contribution >= 4 is 21.9 Å². The minimum absolute atomic E-state index is 0.312. The van der Waals surface area contributed by atoms with Gasteiger partial charge in [-0.15, -0.1) is 0 Å². The van der Waals surface area contributed by atoms with Crippen LogP contribution < -0.4 is 0 Å². The van der Waals surface area contributed by atoms with Crippen molar-refractivity contribution in [2.75, 3.05) is 7.11 Å². The number of nitriles is 1. The SMILES string of the molecule is COC(=O)c1cccc(CBr)c1C#N. The lowest BCUT2D eigenvalue weighted by atomic mass is 10.0. The number of carbonyl (C=O) groups excluding carboxylic acids is 1. The molecule has 4 heteroatoms. The number of rotatable bonds is 2. The summed E-state index contributed by atoms with van der Waals surface area (Å²) in [5, 5.41) is 9.44. The Hall–Kier alpha value is -1.34. The zero-order valence-corrected chi connectivity index (χ0v) is 9.17. The molecule has 0 amide bonds. The summed E-state index contributed by atoms with van der Waals surface area (Å²) in [4.78, 5) is 11.3. The molecule has 72 valence electrons. The highest BCUT2D eigenvalue weighted by Crippen LogP contribution is 2.17. The predicted molar refractivity (Wildman–Crippen MR) is 55.1 cm³/mol. The Kier molecular flexibility index (Phi) is 3.66. The quantitative estimate of drug-likeness (QED) is 0.600. The van der Waals surface area contributed by atoms with Crippen LogP contribution in [0.2, 0.25) is 0 Å². The Morgan fingerprint density at radius 2 is 2.36 bits per heavy atom. The number of nitrogens with zero attached hydrogens (tertiary/aromatic N) is 1. The maximum absolute atomic E-state index is 11.3. The molecule has 0 heterocycles. The number of hydrogen-bond donors (Lipinski definition) is 0. The van der Waals surface area contributed by atoms with Crippen molar-refractivity contribution in [1.82, 2.24) is 0 Å². The van der Waals surface area contributed by atoms with Gasteiger partial charge in [0, 0.05) is 5.33 Å². The first kappa shape index (κ1) is 10.7. The van der Waals surface area contributed by atoms with Crippen molar-refractivity contribution in [3.05, 3.63) is 34.9 Å². The fourth-order valence-corrected chi connectivity index (χ4v) is 1.59. The summed E-state index contributed by atoms with van der Waals surface area (Å²) in [6.45, 7) is 0. The largest absolute Gasteiger partial charge is 0.465 e. The monoisotopic (exact) mass is 253 g/mol. The van der Waals surface area contributed by atoms with Gasteiger partial charge in [0.25, 0.3) is 0 Å². The summed E-state index contributed by atoms with van der Waals surface area (Å²) in [5.41, 5.74) is 1.47. The molecule has 0 aliphatic rings. The van der Waals surface area contributed by atoms with E-state index in [1.807, 2.05) is 6.07 Å². The molecule has 0 bridgehead atoms. The van der Waals surface area contributed by atoms with Crippen LogP contribution in [0.15, 0.2) is 18.2 Å². The molecule has 0 spiro atoms. The number of hydrogen-bond acceptors (Lipinski definition) is 3. The first-order valence-corrected chi connectivity index (χ1v) is 5.03. The molecule has 3 nitrogen and oxygen atoms in total. The Balaban J connectivity index is 3.31. The van der Waals surface area contributed by atoms with Crippen LogP contribution in [0.4, 0.5) is 0 Å². The molecule has 0 N–H and O–H groups in total. The number of halogens is 1. The van der Waals surface area contributed by atoms with Crippen LogP contribution in [0.1, 0.15) is 21.5 Å². The van der Waals surface area contributed by atoms with Gasteiger partial charge in [-0.2, -0.15) is 5.26 Å². The van der Waals surface area contributed by atoms with Gasteiger partial charge in [0.2, 0.25) is 0 Å². The molecule has 0 aliphatic carbocycles. The summed E-state index contributed by atoms with van der Waals surface area (Å²) in [7, 11) is 1.30. The molecule has 0 radical (unpaired) electrons. The van der Waals surface area contributed by atoms with Gasteiger partial charge in [-0.25, -0.2) is 4.79 Å². The summed E-state index contributed by atoms with van der Waals surface area (Å²) < 4.78 is 4.57. The van der Waals surface area contributed by atoms with Crippen LogP contribution in [0.3, 0.4) is 0 Å². The first-order chi connectivity index (χ1) is 6.74. The zero-order valence-electron chi connectivity index (χ0n) is 7.58. The molecule has 1 aromatic rings. The highest BCUT2D eigenvalue weighted by molar-refractivity contribution is 9.08. The fraction of sp³-hybridized carbons (Fsp3) is 0.200. The second kappa shape index (κ2) is 4.77. The summed E-state index contributed by atoms with van der Waals surface area (Å²) in [5.74, 6) is -0.482. The highest BCUT2D eigenvalue weighted by Gasteiger charge is 2.13. The first-order valence-electron chi connectivity index (χ1n) is 3.90. The molecule has 0 unspecified atom stereocenters. The van der Waals surface area contributed by atoms with Gasteiger partial charge in [-0.1, -0.05) is 28.1 Å². The van der Waals surface area contributed by atoms with Gasteiger partial charge in [0.15, 0.2) is 0 Å². The van der Waals surface area contributed by atoms with E-state index in [-0.39, 0.29) is 0 Å². The fourth-order valence-electron chi connectivity index (χ4n) is 1.12. The summed E-state index contributed by atoms with van der Waals surface area (Å²) >= 11 is 3.25. The van der Waals surface area contributed by atoms with E-state index in [9.17, 15) is 4.79 Å². The van der Waals surface area contributed by atoms with Gasteiger partial charge in [-0.05, 0) is 11.6 Å². The normalized spacial score (nSPS) is 9.21. The molecule has 0 atom stereocenters. The van der Waals surface area contributed by atoms with Crippen LogP contribution in [-0.4, -0.2) is 13.1 Å². The predicted octanol–water partition coefficient (Wildman–Crippen LogP) is 2.24. The molecule has 1 rings (SSSR count). The van der Waals surface area contributed by atoms with E-state index in [0.717, 1.165) is 5.56 Å². The van der Waals surface area contributed by atoms with E-state index in [1.54, 1.807) is 18.2 Å². The van der Waals surface area contributed by atoms with E-state index in [1.165, 1.54) is 7.11 Å². The summed E-state index contributed by atoms with van der Waals surface area (Å²) in [6, 6.07) is 7.10. The maximum Gasteiger partial charge on any atom is 0.339 e. The van der Waals surface area contributed by atoms with Gasteiger partial charge in [-0.3, -0.25) is 0 Å². The average molecular weight is 254 g/mol. The van der Waals surface area contributed by atoms with E-state index in [2.05, 4.69) is 20.7 Å². The van der Waals surface area contributed by atoms with Crippen LogP contribution in [0.5, 0.6) is 0 Å². The zero-order chi connectivity index (χ0) is 10.6. The van der Waals surface area contributed by atoms with Crippen LogP contribution in [0.25, 0.3) is 0 Å². The Labute approximate surface area is 90.4 Å². The standard InChI is InChI=1S/C10H8BrNO2/c1-14-10(13)8-4-2-3-7(5-11)9(8)6-12/h2-4H,5H2,1H3. The number of carbonyl (C=O) groups is 1. The number of alkyl halides is 1. The lowest BCUT2D eigenvalue weighted by Gasteiger charge is -2.04. The van der Waals surface area contributed by atoms with E-state index < -0.39 is 5.97 Å². The van der Waals surface area contributed by atoms with Crippen molar-refractivity contribution in [1.29, 1.82) is 5.26 Å². The molecule has 0 saturated carbocycles. The van der Waals surface area contributed by atoms with Crippen molar-refractivity contribution in [3.8, 4) is 6.07 Å². The Morgan fingerprint density at radius 1 is 1.64 bits per heavy atom. The lowest BCUT2D eigenvalue weighted by Crippen LogP contribution is -2.05. The van der Waals surface area contributed by atoms with E-state index >= 15 is 0 Å². The topological polar surface area (TPSA) is 50.1 Å². The lowest BCUT2D eigenvalue weighted by molar-refractivity contribution is 0.0600. The third-order valence-electron chi connectivity index (χ3n) is 1.81. The number of methoxy groups -OCH3 is 1. The molecular formula is C10H8BrNO2. The number of esters is 1. The molecule has 0 saturated heterocycles. The minimum Gasteiger partial charge on any atom is -0.465 e. The van der Waals surface area contributed by atoms with Crippen LogP contribution in [0, 0.1) is 11.3 Å². The molecule has 1 aromatic carbocycles. The van der Waals surface area contributed by atoms with Crippen LogP contribution in [-0.2, 0) is 10.1 Å². The van der Waals surface area contributed by atoms with E-state index in [4.69, 9.17) is 5.26 Å². The average Bonchev–Trinajstić information content (AvgIpc) is 2.26. The smallest absolute Gasteiger partial charge is 0.339 e. The number of ether oxygens (including phenoxy) is 1. The van der Waals surface area contributed by atoms with Gasteiger partial charge in [0.05, 0.1) is 18.2 Å². The molecule has 0 aliphatic heterocycles. The minimum atomic E-state index is -0.482. The van der Waals surface area contributed by atoms with Gasteiger partial charge in [0.1, 0.15) is 6.07 Å². The molecule has 14 heavy (non-hydrogen) atoms. The summed E-state index contributed by atoms with van der Waals surface area (Å²) in [6.07, 6.45) is 0. The maximum atomic E-state index is 11.3. The number of benzene rings is 1. The molecule has 0 aromatic heterocycles. The molecular weight excluding hydrogens is 246 g/mol. The second-order valence-electron chi connectivity index (χ2n) is 2.58. The second-order valence-corrected chi connectivity index (χ2v) is 3.14. The third-order valence-corrected chi connectivity index (χ3v) is 2.42. The van der Waals surface area contributed by atoms with Crippen molar-refractivity contribution < 1.29 is 9.53 Å². The third kappa shape index (κ3) is 1.94. The van der Waals surface area contributed by atoms with Crippen molar-refractivity contribution in [2.24, 2.45) is 0 Å². The Bertz CT molecular complexity index is 396. The van der Waals surface area contributed by atoms with Crippen molar-refractivity contribution in [3.63, 3.8) is 0 Å². The van der Waals surface area contributed by atoms with Crippen molar-refractivity contribution in [2.45, 2.75) is 5.33 Å². The van der Waals surface area contributed by atoms with E-state index in [0.29, 0.717) is 16.5 Å². The van der Waals surface area contributed by atoms with Crippen LogP contribution >= 0.6 is 15.9 Å². The Morgan fingerprint density at radius 3 is 2.86 bits per heavy atom. The highest BCUT2D eigenvalue weighted by atomic mass is 79.9. The van der Waals surface area contributed by atoms with Gasteiger partial charge < -0.3 is 4.74 Å². The molecule has 0 fully saturated rings. The van der Waals surface area contributed by atoms with Gasteiger partial charge >= 0.3 is 5.97 Å².